The summed E-state index contributed by atoms with van der Waals surface area (Å²) in [6, 6.07) is 10.4. The maximum absolute atomic E-state index is 3.51. The molecule has 1 aromatic rings. The van der Waals surface area contributed by atoms with Crippen LogP contribution >= 0.6 is 0 Å². The summed E-state index contributed by atoms with van der Waals surface area (Å²) in [6.45, 7) is 12.5. The minimum atomic E-state index is 0.549. The van der Waals surface area contributed by atoms with Gasteiger partial charge in [-0.2, -0.15) is 0 Å². The van der Waals surface area contributed by atoms with Gasteiger partial charge in [0, 0.05) is 18.6 Å². The Bertz CT molecular complexity index is 404. The van der Waals surface area contributed by atoms with Gasteiger partial charge in [0.2, 0.25) is 0 Å². The van der Waals surface area contributed by atoms with E-state index in [0.29, 0.717) is 12.1 Å². The highest BCUT2D eigenvalue weighted by Gasteiger charge is 2.21. The average molecular weight is 274 g/mol. The van der Waals surface area contributed by atoms with Crippen LogP contribution in [0.25, 0.3) is 0 Å². The molecule has 0 aliphatic carbocycles. The lowest BCUT2D eigenvalue weighted by Crippen LogP contribution is -2.37. The third kappa shape index (κ3) is 4.32. The van der Waals surface area contributed by atoms with Crippen molar-refractivity contribution in [3.8, 4) is 0 Å². The zero-order valence-electron chi connectivity index (χ0n) is 13.5. The van der Waals surface area contributed by atoms with Gasteiger partial charge < -0.3 is 10.2 Å². The Morgan fingerprint density at radius 3 is 2.45 bits per heavy atom. The lowest BCUT2D eigenvalue weighted by atomic mass is 9.88. The van der Waals surface area contributed by atoms with Crippen LogP contribution in [-0.4, -0.2) is 30.1 Å². The van der Waals surface area contributed by atoms with Crippen molar-refractivity contribution in [2.24, 2.45) is 0 Å². The smallest absolute Gasteiger partial charge is 0.0207 e. The number of hydrogen-bond donors (Lipinski definition) is 1. The molecular formula is C18H30N2. The first-order chi connectivity index (χ1) is 9.56. The van der Waals surface area contributed by atoms with E-state index < -0.39 is 0 Å². The topological polar surface area (TPSA) is 15.3 Å². The monoisotopic (exact) mass is 274 g/mol. The van der Waals surface area contributed by atoms with Crippen LogP contribution in [-0.2, 0) is 6.54 Å². The minimum absolute atomic E-state index is 0.549. The Balaban J connectivity index is 1.94. The van der Waals surface area contributed by atoms with Crippen LogP contribution < -0.4 is 5.32 Å². The normalized spacial score (nSPS) is 18.1. The summed E-state index contributed by atoms with van der Waals surface area (Å²) in [5.74, 6) is 0.754. The van der Waals surface area contributed by atoms with E-state index in [0.717, 1.165) is 12.5 Å². The van der Waals surface area contributed by atoms with E-state index in [2.05, 4.69) is 62.2 Å². The molecule has 1 heterocycles. The first kappa shape index (κ1) is 15.5. The van der Waals surface area contributed by atoms with Crippen molar-refractivity contribution >= 4 is 0 Å². The summed E-state index contributed by atoms with van der Waals surface area (Å²) >= 11 is 0. The van der Waals surface area contributed by atoms with E-state index in [-0.39, 0.29) is 0 Å². The zero-order valence-corrected chi connectivity index (χ0v) is 13.5. The van der Waals surface area contributed by atoms with Crippen LogP contribution in [0.2, 0.25) is 0 Å². The van der Waals surface area contributed by atoms with Crippen LogP contribution in [0.15, 0.2) is 24.3 Å². The fraction of sp³-hybridized carbons (Fsp3) is 0.667. The molecule has 1 aliphatic rings. The largest absolute Gasteiger partial charge is 0.310 e. The molecule has 1 aliphatic heterocycles. The molecule has 0 atom stereocenters. The van der Waals surface area contributed by atoms with Crippen LogP contribution in [0, 0.1) is 0 Å². The maximum Gasteiger partial charge on any atom is 0.0207 e. The quantitative estimate of drug-likeness (QED) is 0.879. The Labute approximate surface area is 124 Å². The SMILES string of the molecule is CC(C)NCc1cccc(C2CCN(C(C)C)CC2)c1. The molecule has 1 saturated heterocycles. The average Bonchev–Trinajstić information content (AvgIpc) is 2.45. The molecule has 2 nitrogen and oxygen atoms in total. The second kappa shape index (κ2) is 7.24. The highest BCUT2D eigenvalue weighted by molar-refractivity contribution is 5.27. The molecule has 0 aromatic heterocycles. The molecule has 20 heavy (non-hydrogen) atoms. The Morgan fingerprint density at radius 2 is 1.85 bits per heavy atom. The number of rotatable bonds is 5. The summed E-state index contributed by atoms with van der Waals surface area (Å²) in [5.41, 5.74) is 2.96. The second-order valence-electron chi connectivity index (χ2n) is 6.68. The van der Waals surface area contributed by atoms with Crippen molar-refractivity contribution in [2.75, 3.05) is 13.1 Å². The zero-order chi connectivity index (χ0) is 14.5. The second-order valence-corrected chi connectivity index (χ2v) is 6.68. The van der Waals surface area contributed by atoms with E-state index in [4.69, 9.17) is 0 Å². The van der Waals surface area contributed by atoms with E-state index in [1.165, 1.54) is 37.1 Å². The van der Waals surface area contributed by atoms with Gasteiger partial charge in [-0.15, -0.1) is 0 Å². The molecule has 0 unspecified atom stereocenters. The summed E-state index contributed by atoms with van der Waals surface area (Å²) in [4.78, 5) is 2.60. The van der Waals surface area contributed by atoms with Crippen LogP contribution in [0.3, 0.4) is 0 Å². The molecule has 2 heteroatoms. The minimum Gasteiger partial charge on any atom is -0.310 e. The highest BCUT2D eigenvalue weighted by Crippen LogP contribution is 2.29. The van der Waals surface area contributed by atoms with Crippen molar-refractivity contribution < 1.29 is 0 Å². The molecule has 112 valence electrons. The van der Waals surface area contributed by atoms with Crippen molar-refractivity contribution in [3.63, 3.8) is 0 Å². The van der Waals surface area contributed by atoms with Gasteiger partial charge in [0.25, 0.3) is 0 Å². The van der Waals surface area contributed by atoms with Crippen molar-refractivity contribution in [2.45, 2.75) is 65.1 Å². The third-order valence-electron chi connectivity index (χ3n) is 4.40. The highest BCUT2D eigenvalue weighted by atomic mass is 15.1. The Morgan fingerprint density at radius 1 is 1.15 bits per heavy atom. The first-order valence-corrected chi connectivity index (χ1v) is 8.12. The van der Waals surface area contributed by atoms with Gasteiger partial charge in [-0.25, -0.2) is 0 Å². The number of likely N-dealkylation sites (tertiary alicyclic amines) is 1. The molecule has 0 radical (unpaired) electrons. The Hall–Kier alpha value is -0.860. The molecular weight excluding hydrogens is 244 g/mol. The summed E-state index contributed by atoms with van der Waals surface area (Å²) in [5, 5.41) is 3.51. The van der Waals surface area contributed by atoms with Crippen LogP contribution in [0.1, 0.15) is 57.6 Å². The Kier molecular flexibility index (Phi) is 5.62. The number of hydrogen-bond acceptors (Lipinski definition) is 2. The molecule has 0 spiro atoms. The van der Waals surface area contributed by atoms with E-state index in [9.17, 15) is 0 Å². The van der Waals surface area contributed by atoms with Gasteiger partial charge in [-0.05, 0) is 56.8 Å². The van der Waals surface area contributed by atoms with E-state index in [1.807, 2.05) is 0 Å². The molecule has 1 fully saturated rings. The maximum atomic E-state index is 3.51. The lowest BCUT2D eigenvalue weighted by Gasteiger charge is -2.34. The van der Waals surface area contributed by atoms with E-state index in [1.54, 1.807) is 0 Å². The van der Waals surface area contributed by atoms with Crippen molar-refractivity contribution in [1.29, 1.82) is 0 Å². The number of nitrogens with one attached hydrogen (secondary N) is 1. The standard InChI is InChI=1S/C18H30N2/c1-14(2)19-13-16-6-5-7-18(12-16)17-8-10-20(11-9-17)15(3)4/h5-7,12,14-15,17,19H,8-11,13H2,1-4H3. The van der Waals surface area contributed by atoms with Crippen LogP contribution in [0.4, 0.5) is 0 Å². The molecule has 1 N–H and O–H groups in total. The van der Waals surface area contributed by atoms with Gasteiger partial charge >= 0.3 is 0 Å². The van der Waals surface area contributed by atoms with Gasteiger partial charge in [-0.1, -0.05) is 38.1 Å². The molecule has 0 amide bonds. The van der Waals surface area contributed by atoms with Crippen molar-refractivity contribution in [3.05, 3.63) is 35.4 Å². The molecule has 0 saturated carbocycles. The van der Waals surface area contributed by atoms with Gasteiger partial charge in [-0.3, -0.25) is 0 Å². The molecule has 1 aromatic carbocycles. The first-order valence-electron chi connectivity index (χ1n) is 8.12. The van der Waals surface area contributed by atoms with E-state index >= 15 is 0 Å². The van der Waals surface area contributed by atoms with Gasteiger partial charge in [0.15, 0.2) is 0 Å². The lowest BCUT2D eigenvalue weighted by molar-refractivity contribution is 0.172. The molecule has 0 bridgehead atoms. The van der Waals surface area contributed by atoms with Crippen molar-refractivity contribution in [1.82, 2.24) is 10.2 Å². The predicted molar refractivity (Wildman–Crippen MR) is 87.1 cm³/mol. The fourth-order valence-corrected chi connectivity index (χ4v) is 3.03. The van der Waals surface area contributed by atoms with Crippen LogP contribution in [0.5, 0.6) is 0 Å². The number of piperidine rings is 1. The third-order valence-corrected chi connectivity index (χ3v) is 4.40. The summed E-state index contributed by atoms with van der Waals surface area (Å²) in [6.07, 6.45) is 2.61. The fourth-order valence-electron chi connectivity index (χ4n) is 3.03. The van der Waals surface area contributed by atoms with Gasteiger partial charge in [0.05, 0.1) is 0 Å². The summed E-state index contributed by atoms with van der Waals surface area (Å²) < 4.78 is 0. The number of nitrogens with zero attached hydrogens (tertiary/aromatic N) is 1. The molecule has 2 rings (SSSR count). The predicted octanol–water partition coefficient (Wildman–Crippen LogP) is 3.77. The van der Waals surface area contributed by atoms with Gasteiger partial charge in [0.1, 0.15) is 0 Å². The number of benzene rings is 1. The summed E-state index contributed by atoms with van der Waals surface area (Å²) in [7, 11) is 0.